The number of fused-ring (bicyclic) bond motifs is 1. The van der Waals surface area contributed by atoms with Gasteiger partial charge in [0.1, 0.15) is 0 Å². The number of likely N-dealkylation sites (tertiary alicyclic amines) is 1. The Morgan fingerprint density at radius 1 is 1.32 bits per heavy atom. The molecule has 1 saturated heterocycles. The molecule has 2 N–H and O–H groups in total. The summed E-state index contributed by atoms with van der Waals surface area (Å²) in [4.78, 5) is 16.9. The molecule has 0 atom stereocenters. The van der Waals surface area contributed by atoms with Crippen LogP contribution in [-0.4, -0.2) is 40.6 Å². The first-order valence-electron chi connectivity index (χ1n) is 6.80. The maximum Gasteiger partial charge on any atom is 0.336 e. The van der Waals surface area contributed by atoms with Gasteiger partial charge in [-0.1, -0.05) is 6.07 Å². The quantitative estimate of drug-likeness (QED) is 0.886. The van der Waals surface area contributed by atoms with Crippen LogP contribution in [0, 0.1) is 0 Å². The van der Waals surface area contributed by atoms with Crippen molar-refractivity contribution in [2.24, 2.45) is 0 Å². The number of rotatable bonds is 4. The molecular formula is C15H18N2O2. The van der Waals surface area contributed by atoms with Crippen LogP contribution < -0.4 is 0 Å². The zero-order valence-corrected chi connectivity index (χ0v) is 10.9. The predicted octanol–water partition coefficient (Wildman–Crippen LogP) is 2.50. The van der Waals surface area contributed by atoms with Gasteiger partial charge in [-0.05, 0) is 50.0 Å². The second-order valence-corrected chi connectivity index (χ2v) is 5.15. The SMILES string of the molecule is O=C(O)c1cccc2[nH]cc(CCN3CCCC3)c12. The maximum atomic E-state index is 11.3. The second-order valence-electron chi connectivity index (χ2n) is 5.15. The van der Waals surface area contributed by atoms with E-state index in [4.69, 9.17) is 0 Å². The number of carboxylic acid groups (broad SMARTS) is 1. The fourth-order valence-corrected chi connectivity index (χ4v) is 2.92. The highest BCUT2D eigenvalue weighted by Crippen LogP contribution is 2.23. The number of nitrogens with zero attached hydrogens (tertiary/aromatic N) is 1. The summed E-state index contributed by atoms with van der Waals surface area (Å²) in [7, 11) is 0. The van der Waals surface area contributed by atoms with Crippen molar-refractivity contribution < 1.29 is 9.90 Å². The minimum absolute atomic E-state index is 0.398. The Morgan fingerprint density at radius 2 is 2.11 bits per heavy atom. The summed E-state index contributed by atoms with van der Waals surface area (Å²) in [5, 5.41) is 10.2. The van der Waals surface area contributed by atoms with Crippen LogP contribution in [0.2, 0.25) is 0 Å². The molecule has 0 spiro atoms. The van der Waals surface area contributed by atoms with Crippen molar-refractivity contribution in [1.29, 1.82) is 0 Å². The largest absolute Gasteiger partial charge is 0.478 e. The number of H-pyrrole nitrogens is 1. The number of aromatic amines is 1. The fourth-order valence-electron chi connectivity index (χ4n) is 2.92. The third-order valence-corrected chi connectivity index (χ3v) is 3.91. The van der Waals surface area contributed by atoms with Gasteiger partial charge in [0.2, 0.25) is 0 Å². The summed E-state index contributed by atoms with van der Waals surface area (Å²) in [5.41, 5.74) is 2.42. The minimum atomic E-state index is -0.854. The molecule has 19 heavy (non-hydrogen) atoms. The molecule has 0 bridgehead atoms. The lowest BCUT2D eigenvalue weighted by Crippen LogP contribution is -2.21. The van der Waals surface area contributed by atoms with Gasteiger partial charge in [-0.25, -0.2) is 4.79 Å². The normalized spacial score (nSPS) is 16.2. The fraction of sp³-hybridized carbons (Fsp3) is 0.400. The number of carboxylic acids is 1. The van der Waals surface area contributed by atoms with E-state index in [-0.39, 0.29) is 0 Å². The van der Waals surface area contributed by atoms with Crippen molar-refractivity contribution in [3.63, 3.8) is 0 Å². The van der Waals surface area contributed by atoms with Crippen LogP contribution in [0.25, 0.3) is 10.9 Å². The average molecular weight is 258 g/mol. The molecule has 1 fully saturated rings. The standard InChI is InChI=1S/C15H18N2O2/c18-15(19)12-4-3-5-13-14(12)11(10-16-13)6-9-17-7-1-2-8-17/h3-5,10,16H,1-2,6-9H2,(H,18,19). The molecule has 0 saturated carbocycles. The van der Waals surface area contributed by atoms with E-state index < -0.39 is 5.97 Å². The molecule has 1 aromatic carbocycles. The first-order chi connectivity index (χ1) is 9.25. The van der Waals surface area contributed by atoms with E-state index in [0.717, 1.165) is 29.4 Å². The molecule has 2 aromatic rings. The van der Waals surface area contributed by atoms with Gasteiger partial charge >= 0.3 is 5.97 Å². The van der Waals surface area contributed by atoms with Crippen LogP contribution in [0.4, 0.5) is 0 Å². The zero-order chi connectivity index (χ0) is 13.2. The Hall–Kier alpha value is -1.81. The topological polar surface area (TPSA) is 56.3 Å². The van der Waals surface area contributed by atoms with E-state index in [9.17, 15) is 9.90 Å². The molecular weight excluding hydrogens is 240 g/mol. The first-order valence-corrected chi connectivity index (χ1v) is 6.80. The van der Waals surface area contributed by atoms with Gasteiger partial charge in [-0.15, -0.1) is 0 Å². The number of aromatic nitrogens is 1. The van der Waals surface area contributed by atoms with E-state index >= 15 is 0 Å². The molecule has 4 nitrogen and oxygen atoms in total. The van der Waals surface area contributed by atoms with E-state index in [0.29, 0.717) is 5.56 Å². The Labute approximate surface area is 112 Å². The van der Waals surface area contributed by atoms with Crippen LogP contribution >= 0.6 is 0 Å². The highest BCUT2D eigenvalue weighted by Gasteiger charge is 2.15. The minimum Gasteiger partial charge on any atom is -0.478 e. The van der Waals surface area contributed by atoms with Gasteiger partial charge < -0.3 is 15.0 Å². The van der Waals surface area contributed by atoms with Crippen LogP contribution in [0.1, 0.15) is 28.8 Å². The Balaban J connectivity index is 1.88. The van der Waals surface area contributed by atoms with Crippen LogP contribution in [-0.2, 0) is 6.42 Å². The summed E-state index contributed by atoms with van der Waals surface area (Å²) in [5.74, 6) is -0.854. The molecule has 0 radical (unpaired) electrons. The molecule has 0 aliphatic carbocycles. The summed E-state index contributed by atoms with van der Waals surface area (Å²) in [6, 6.07) is 5.39. The van der Waals surface area contributed by atoms with Gasteiger partial charge in [0.15, 0.2) is 0 Å². The second kappa shape index (κ2) is 5.05. The zero-order valence-electron chi connectivity index (χ0n) is 10.9. The Kier molecular flexibility index (Phi) is 3.25. The summed E-state index contributed by atoms with van der Waals surface area (Å²) in [6.07, 6.45) is 5.43. The molecule has 3 rings (SSSR count). The van der Waals surface area contributed by atoms with Gasteiger partial charge in [0.05, 0.1) is 5.56 Å². The average Bonchev–Trinajstić information content (AvgIpc) is 3.05. The molecule has 1 aliphatic heterocycles. The smallest absolute Gasteiger partial charge is 0.336 e. The van der Waals surface area contributed by atoms with Crippen molar-refractivity contribution in [3.05, 3.63) is 35.5 Å². The lowest BCUT2D eigenvalue weighted by atomic mass is 10.0. The van der Waals surface area contributed by atoms with Gasteiger partial charge in [0, 0.05) is 23.6 Å². The molecule has 100 valence electrons. The predicted molar refractivity (Wildman–Crippen MR) is 74.6 cm³/mol. The highest BCUT2D eigenvalue weighted by atomic mass is 16.4. The summed E-state index contributed by atoms with van der Waals surface area (Å²) < 4.78 is 0. The van der Waals surface area contributed by atoms with Gasteiger partial charge in [0.25, 0.3) is 0 Å². The number of benzene rings is 1. The van der Waals surface area contributed by atoms with E-state index in [1.807, 2.05) is 12.3 Å². The van der Waals surface area contributed by atoms with Crippen molar-refractivity contribution in [2.45, 2.75) is 19.3 Å². The molecule has 1 aromatic heterocycles. The number of hydrogen-bond acceptors (Lipinski definition) is 2. The molecule has 2 heterocycles. The van der Waals surface area contributed by atoms with E-state index in [1.165, 1.54) is 25.9 Å². The van der Waals surface area contributed by atoms with Crippen molar-refractivity contribution >= 4 is 16.9 Å². The van der Waals surface area contributed by atoms with E-state index in [2.05, 4.69) is 9.88 Å². The van der Waals surface area contributed by atoms with Crippen molar-refractivity contribution in [2.75, 3.05) is 19.6 Å². The molecule has 0 amide bonds. The maximum absolute atomic E-state index is 11.3. The first kappa shape index (κ1) is 12.2. The Morgan fingerprint density at radius 3 is 2.84 bits per heavy atom. The third-order valence-electron chi connectivity index (χ3n) is 3.91. The number of nitrogens with one attached hydrogen (secondary N) is 1. The van der Waals surface area contributed by atoms with Crippen molar-refractivity contribution in [1.82, 2.24) is 9.88 Å². The number of hydrogen-bond donors (Lipinski definition) is 2. The lowest BCUT2D eigenvalue weighted by molar-refractivity contribution is 0.0699. The molecule has 4 heteroatoms. The van der Waals surface area contributed by atoms with Crippen molar-refractivity contribution in [3.8, 4) is 0 Å². The summed E-state index contributed by atoms with van der Waals surface area (Å²) >= 11 is 0. The van der Waals surface area contributed by atoms with Crippen LogP contribution in [0.3, 0.4) is 0 Å². The van der Waals surface area contributed by atoms with Crippen LogP contribution in [0.5, 0.6) is 0 Å². The molecule has 1 aliphatic rings. The molecule has 0 unspecified atom stereocenters. The summed E-state index contributed by atoms with van der Waals surface area (Å²) in [6.45, 7) is 3.36. The monoisotopic (exact) mass is 258 g/mol. The highest BCUT2D eigenvalue weighted by molar-refractivity contribution is 6.04. The van der Waals surface area contributed by atoms with E-state index in [1.54, 1.807) is 12.1 Å². The third kappa shape index (κ3) is 2.36. The number of carbonyl (C=O) groups is 1. The van der Waals surface area contributed by atoms with Gasteiger partial charge in [-0.3, -0.25) is 0 Å². The number of aromatic carboxylic acids is 1. The van der Waals surface area contributed by atoms with Crippen LogP contribution in [0.15, 0.2) is 24.4 Å². The Bertz CT molecular complexity index is 597. The van der Waals surface area contributed by atoms with Gasteiger partial charge in [-0.2, -0.15) is 0 Å². The lowest BCUT2D eigenvalue weighted by Gasteiger charge is -2.13.